The minimum Gasteiger partial charge on any atom is -0.496 e. The third-order valence-electron chi connectivity index (χ3n) is 8.70. The van der Waals surface area contributed by atoms with Gasteiger partial charge in [0.1, 0.15) is 41.6 Å². The minimum absolute atomic E-state index is 0.0544. The molecular weight excluding hydrogens is 882 g/mol. The van der Waals surface area contributed by atoms with Crippen molar-refractivity contribution >= 4 is 87.1 Å². The molecule has 3 atom stereocenters. The summed E-state index contributed by atoms with van der Waals surface area (Å²) in [7, 11) is 4.22. The summed E-state index contributed by atoms with van der Waals surface area (Å²) < 4.78 is 20.3. The number of carbonyl (C=O) groups excluding carboxylic acids is 4. The Morgan fingerprint density at radius 1 is 0.820 bits per heavy atom. The smallest absolute Gasteiger partial charge is 0.323 e. The Bertz CT molecular complexity index is 2050. The van der Waals surface area contributed by atoms with E-state index in [1.54, 1.807) is 30.4 Å². The molecule has 6 rings (SSSR count). The number of thioether (sulfide) groups is 3. The van der Waals surface area contributed by atoms with Crippen LogP contribution in [0.1, 0.15) is 38.8 Å². The number of Topliss-reactive ketones (excluding diaryl/α,β-unsaturated/α-hetero) is 1. The van der Waals surface area contributed by atoms with Crippen LogP contribution in [0.15, 0.2) is 54.6 Å². The number of carbonyl (C=O) groups is 5. The van der Waals surface area contributed by atoms with E-state index in [-0.39, 0.29) is 58.8 Å². The van der Waals surface area contributed by atoms with Crippen molar-refractivity contribution in [1.82, 2.24) is 15.5 Å². The van der Waals surface area contributed by atoms with Crippen LogP contribution in [-0.2, 0) is 25.7 Å². The summed E-state index contributed by atoms with van der Waals surface area (Å²) in [5.41, 5.74) is 0.470. The van der Waals surface area contributed by atoms with E-state index in [0.717, 1.165) is 29.1 Å². The standard InChI is InChI=1S/C15H12ClNO5.C14H16N2O5S.C5H9NO2S.C4H7NO2S/c1-21-13-7-11(15(16)18)12(17(19)20)8-14(13)22-9-10-5-3-2-4-6-10;1-8-4-11(16(19)20)10(5-13(8)21-3)14(18)15-7-22-6-12(15)9(2)17;1-8-5(7)4-2-9-3-6-4;6-4(7)3-1-8-2-5-3/h2-8H,9H2,1H3;4-5,12H,6-7H2,1-3H3;4,6H,2-3H2,1H3;3,5H,1-2H2,(H,6,7). The van der Waals surface area contributed by atoms with Gasteiger partial charge in [-0.2, -0.15) is 0 Å². The van der Waals surface area contributed by atoms with Gasteiger partial charge in [0.05, 0.1) is 43.1 Å². The molecule has 0 bridgehead atoms. The summed E-state index contributed by atoms with van der Waals surface area (Å²) in [6.45, 7) is 3.30. The van der Waals surface area contributed by atoms with Gasteiger partial charge in [0.15, 0.2) is 17.3 Å². The molecule has 0 radical (unpaired) electrons. The first-order valence-corrected chi connectivity index (χ1v) is 21.8. The molecule has 1 amide bonds. The van der Waals surface area contributed by atoms with Crippen LogP contribution < -0.4 is 24.8 Å². The highest BCUT2D eigenvalue weighted by Gasteiger charge is 2.36. The zero-order valence-corrected chi connectivity index (χ0v) is 36.8. The summed E-state index contributed by atoms with van der Waals surface area (Å²) in [6, 6.07) is 13.4. The number of nitro benzene ring substituents is 2. The van der Waals surface area contributed by atoms with Crippen LogP contribution in [0.5, 0.6) is 17.2 Å². The number of halogens is 1. The average Bonchev–Trinajstić information content (AvgIpc) is 4.07. The molecule has 3 saturated heterocycles. The molecule has 19 nitrogen and oxygen atoms in total. The number of aryl methyl sites for hydroxylation is 1. The first-order chi connectivity index (χ1) is 29.0. The molecule has 0 aromatic heterocycles. The van der Waals surface area contributed by atoms with E-state index in [0.29, 0.717) is 28.7 Å². The predicted octanol–water partition coefficient (Wildman–Crippen LogP) is 5.13. The molecule has 0 saturated carbocycles. The van der Waals surface area contributed by atoms with E-state index >= 15 is 0 Å². The SMILES string of the molecule is COC(=O)C1CSCN1.COc1cc(C(=O)Cl)c([N+](=O)[O-])cc1OCc1ccccc1.COc1cc(C(=O)N2CSCC2C(C)=O)c([N+](=O)[O-])cc1C.O=C(O)C1CSCN1. The maximum Gasteiger partial charge on any atom is 0.323 e. The van der Waals surface area contributed by atoms with Gasteiger partial charge in [0, 0.05) is 47.2 Å². The quantitative estimate of drug-likeness (QED) is 0.0920. The highest BCUT2D eigenvalue weighted by Crippen LogP contribution is 2.36. The van der Waals surface area contributed by atoms with Crippen LogP contribution in [0.2, 0.25) is 0 Å². The monoisotopic (exact) mass is 925 g/mol. The van der Waals surface area contributed by atoms with E-state index in [9.17, 15) is 44.2 Å². The highest BCUT2D eigenvalue weighted by atomic mass is 35.5. The normalized spacial score (nSPS) is 17.5. The predicted molar refractivity (Wildman–Crippen MR) is 231 cm³/mol. The van der Waals surface area contributed by atoms with Gasteiger partial charge in [-0.25, -0.2) is 0 Å². The van der Waals surface area contributed by atoms with E-state index in [1.165, 1.54) is 63.1 Å². The molecule has 3 aromatic rings. The number of aliphatic carboxylic acids is 1. The van der Waals surface area contributed by atoms with Crippen molar-refractivity contribution in [3.8, 4) is 17.2 Å². The van der Waals surface area contributed by atoms with Gasteiger partial charge in [0.25, 0.3) is 22.5 Å². The highest BCUT2D eigenvalue weighted by molar-refractivity contribution is 8.00. The lowest BCUT2D eigenvalue weighted by molar-refractivity contribution is -0.385. The van der Waals surface area contributed by atoms with Crippen molar-refractivity contribution in [1.29, 1.82) is 0 Å². The number of esters is 1. The number of benzene rings is 3. The van der Waals surface area contributed by atoms with Crippen molar-refractivity contribution in [2.24, 2.45) is 0 Å². The van der Waals surface area contributed by atoms with Gasteiger partial charge in [-0.05, 0) is 36.6 Å². The van der Waals surface area contributed by atoms with Gasteiger partial charge < -0.3 is 29.0 Å². The van der Waals surface area contributed by atoms with E-state index < -0.39 is 38.7 Å². The summed E-state index contributed by atoms with van der Waals surface area (Å²) in [4.78, 5) is 78.8. The number of nitro groups is 2. The molecule has 3 aliphatic rings. The lowest BCUT2D eigenvalue weighted by Crippen LogP contribution is -2.41. The average molecular weight is 926 g/mol. The Balaban J connectivity index is 0.000000237. The number of nitrogens with one attached hydrogen (secondary N) is 2. The fourth-order valence-electron chi connectivity index (χ4n) is 5.46. The first kappa shape index (κ1) is 50.2. The van der Waals surface area contributed by atoms with Crippen LogP contribution in [0, 0.1) is 27.2 Å². The molecule has 0 spiro atoms. The Morgan fingerprint density at radius 2 is 1.39 bits per heavy atom. The summed E-state index contributed by atoms with van der Waals surface area (Å²) in [5.74, 6) is 3.27. The molecule has 61 heavy (non-hydrogen) atoms. The molecule has 3 unspecified atom stereocenters. The number of hydrogen-bond donors (Lipinski definition) is 3. The zero-order chi connectivity index (χ0) is 45.2. The number of ketones is 1. The molecule has 330 valence electrons. The van der Waals surface area contributed by atoms with Crippen LogP contribution in [-0.4, -0.2) is 123 Å². The van der Waals surface area contributed by atoms with Crippen molar-refractivity contribution in [2.75, 3.05) is 56.2 Å². The van der Waals surface area contributed by atoms with Crippen molar-refractivity contribution in [3.05, 3.63) is 97.1 Å². The van der Waals surface area contributed by atoms with Gasteiger partial charge in [-0.3, -0.25) is 54.8 Å². The second kappa shape index (κ2) is 25.0. The van der Waals surface area contributed by atoms with Gasteiger partial charge >= 0.3 is 11.9 Å². The molecule has 0 aliphatic carbocycles. The largest absolute Gasteiger partial charge is 0.496 e. The van der Waals surface area contributed by atoms with Crippen molar-refractivity contribution in [2.45, 2.75) is 38.6 Å². The Labute approximate surface area is 368 Å². The van der Waals surface area contributed by atoms with Crippen LogP contribution in [0.3, 0.4) is 0 Å². The first-order valence-electron chi connectivity index (χ1n) is 17.9. The Morgan fingerprint density at radius 3 is 1.87 bits per heavy atom. The summed E-state index contributed by atoms with van der Waals surface area (Å²) in [5, 5.41) is 35.5. The summed E-state index contributed by atoms with van der Waals surface area (Å²) in [6.07, 6.45) is 0. The van der Waals surface area contributed by atoms with E-state index in [2.05, 4.69) is 15.4 Å². The number of rotatable bonds is 12. The molecule has 3 fully saturated rings. The zero-order valence-electron chi connectivity index (χ0n) is 33.6. The van der Waals surface area contributed by atoms with Crippen LogP contribution in [0.25, 0.3) is 0 Å². The van der Waals surface area contributed by atoms with Gasteiger partial charge in [0.2, 0.25) is 0 Å². The molecule has 3 aliphatic heterocycles. The maximum absolute atomic E-state index is 12.7. The molecule has 3 N–H and O–H groups in total. The maximum atomic E-state index is 12.7. The van der Waals surface area contributed by atoms with Crippen LogP contribution in [0.4, 0.5) is 11.4 Å². The number of ether oxygens (including phenoxy) is 4. The molecule has 3 heterocycles. The second-order valence-corrected chi connectivity index (χ2v) is 16.1. The fourth-order valence-corrected chi connectivity index (χ4v) is 8.71. The van der Waals surface area contributed by atoms with Gasteiger partial charge in [-0.15, -0.1) is 35.3 Å². The van der Waals surface area contributed by atoms with Gasteiger partial charge in [-0.1, -0.05) is 30.3 Å². The number of methoxy groups -OCH3 is 3. The number of amides is 1. The molecule has 23 heteroatoms. The molecule has 3 aromatic carbocycles. The van der Waals surface area contributed by atoms with E-state index in [4.69, 9.17) is 30.9 Å². The number of hydrogen-bond acceptors (Lipinski definition) is 18. The second-order valence-electron chi connectivity index (χ2n) is 12.7. The van der Waals surface area contributed by atoms with Crippen molar-refractivity contribution in [3.63, 3.8) is 0 Å². The number of carboxylic acid groups (broad SMARTS) is 1. The topological polar surface area (TPSA) is 256 Å². The Hall–Kier alpha value is -5.13. The van der Waals surface area contributed by atoms with Crippen LogP contribution >= 0.6 is 46.9 Å². The third-order valence-corrected chi connectivity index (χ3v) is 11.8. The number of carboxylic acids is 1. The lowest BCUT2D eigenvalue weighted by Gasteiger charge is -2.22. The minimum atomic E-state index is -0.931. The molecular formula is C38H44ClN5O14S3. The van der Waals surface area contributed by atoms with E-state index in [1.807, 2.05) is 30.3 Å². The summed E-state index contributed by atoms with van der Waals surface area (Å²) >= 11 is 10.2. The van der Waals surface area contributed by atoms with Crippen molar-refractivity contribution < 1.29 is 57.9 Å². The third kappa shape index (κ3) is 14.8. The Kier molecular flexibility index (Phi) is 20.6. The number of nitrogens with zero attached hydrogens (tertiary/aromatic N) is 3. The lowest BCUT2D eigenvalue weighted by atomic mass is 10.1. The fraction of sp³-hybridized carbons (Fsp3) is 0.395.